The van der Waals surface area contributed by atoms with Crippen LogP contribution in [0.2, 0.25) is 0 Å². The van der Waals surface area contributed by atoms with Crippen LogP contribution in [-0.4, -0.2) is 51.3 Å². The van der Waals surface area contributed by atoms with Gasteiger partial charge in [-0.3, -0.25) is 19.3 Å². The van der Waals surface area contributed by atoms with E-state index in [2.05, 4.69) is 16.7 Å². The molecule has 2 aromatic rings. The molecule has 172 valence electrons. The Bertz CT molecular complexity index is 1250. The van der Waals surface area contributed by atoms with E-state index in [1.54, 1.807) is 30.2 Å². The van der Waals surface area contributed by atoms with Gasteiger partial charge in [-0.05, 0) is 54.1 Å². The molecule has 3 fully saturated rings. The summed E-state index contributed by atoms with van der Waals surface area (Å²) in [5.74, 6) is -1.40. The molecule has 0 spiro atoms. The summed E-state index contributed by atoms with van der Waals surface area (Å²) < 4.78 is 8.24. The zero-order chi connectivity index (χ0) is 23.2. The predicted molar refractivity (Wildman–Crippen MR) is 125 cm³/mol. The maximum absolute atomic E-state index is 13.2. The molecule has 3 heterocycles. The highest BCUT2D eigenvalue weighted by atomic mass is 32.2. The third kappa shape index (κ3) is 2.86. The van der Waals surface area contributed by atoms with Gasteiger partial charge in [0.15, 0.2) is 3.95 Å². The lowest BCUT2D eigenvalue weighted by Crippen LogP contribution is -2.43. The van der Waals surface area contributed by atoms with Crippen LogP contribution in [-0.2, 0) is 21.4 Å². The number of thiazole rings is 1. The number of rotatable bonds is 4. The van der Waals surface area contributed by atoms with Crippen molar-refractivity contribution in [2.45, 2.75) is 22.6 Å². The maximum atomic E-state index is 13.2. The third-order valence-corrected chi connectivity index (χ3v) is 11.3. The Balaban J connectivity index is 1.46. The number of imide groups is 1. The summed E-state index contributed by atoms with van der Waals surface area (Å²) in [6.07, 6.45) is 0.835. The number of aromatic nitrogens is 1. The van der Waals surface area contributed by atoms with E-state index in [9.17, 15) is 19.5 Å². The minimum absolute atomic E-state index is 0.0500. The first-order valence-electron chi connectivity index (χ1n) is 10.9. The summed E-state index contributed by atoms with van der Waals surface area (Å²) in [5, 5.41) is 10.6. The van der Waals surface area contributed by atoms with Crippen LogP contribution in [0, 0.1) is 33.5 Å². The Kier molecular flexibility index (Phi) is 4.80. The zero-order valence-corrected chi connectivity index (χ0v) is 20.4. The molecule has 10 heteroatoms. The van der Waals surface area contributed by atoms with Crippen LogP contribution in [0.5, 0.6) is 5.75 Å². The van der Waals surface area contributed by atoms with Crippen molar-refractivity contribution in [1.29, 1.82) is 0 Å². The van der Waals surface area contributed by atoms with Gasteiger partial charge in [0.2, 0.25) is 11.8 Å². The number of hydrogen-bond acceptors (Lipinski definition) is 7. The molecule has 2 aliphatic carbocycles. The first-order valence-corrected chi connectivity index (χ1v) is 13.0. The Labute approximate surface area is 203 Å². The van der Waals surface area contributed by atoms with Gasteiger partial charge in [0.1, 0.15) is 12.3 Å². The van der Waals surface area contributed by atoms with E-state index in [1.807, 2.05) is 19.2 Å². The molecule has 1 N–H and O–H groups in total. The fraction of sp³-hybridized carbons (Fsp3) is 0.478. The van der Waals surface area contributed by atoms with Crippen molar-refractivity contribution >= 4 is 53.1 Å². The monoisotopic (exact) mass is 502 g/mol. The summed E-state index contributed by atoms with van der Waals surface area (Å²) >= 11 is 9.04. The van der Waals surface area contributed by atoms with Crippen molar-refractivity contribution in [2.75, 3.05) is 13.7 Å². The molecule has 2 aliphatic heterocycles. The second-order valence-electron chi connectivity index (χ2n) is 9.28. The number of aliphatic carboxylic acids is 1. The lowest BCUT2D eigenvalue weighted by molar-refractivity contribution is -0.149. The highest BCUT2D eigenvalue weighted by Crippen LogP contribution is 2.69. The third-order valence-electron chi connectivity index (χ3n) is 7.92. The molecular weight excluding hydrogens is 480 g/mol. The Morgan fingerprint density at radius 2 is 1.85 bits per heavy atom. The number of carboxylic acid groups (broad SMARTS) is 1. The lowest BCUT2D eigenvalue weighted by atomic mass is 9.68. The van der Waals surface area contributed by atoms with Crippen LogP contribution in [0.3, 0.4) is 0 Å². The number of hydrogen-bond donors (Lipinski definition) is 1. The quantitative estimate of drug-likeness (QED) is 0.506. The lowest BCUT2D eigenvalue weighted by Gasteiger charge is -2.43. The van der Waals surface area contributed by atoms with E-state index in [0.29, 0.717) is 0 Å². The Morgan fingerprint density at radius 1 is 1.18 bits per heavy atom. The average Bonchev–Trinajstić information content (AvgIpc) is 3.50. The van der Waals surface area contributed by atoms with Crippen molar-refractivity contribution < 1.29 is 24.2 Å². The summed E-state index contributed by atoms with van der Waals surface area (Å²) in [6.45, 7) is -0.546. The summed E-state index contributed by atoms with van der Waals surface area (Å²) in [6, 6.07) is 8.10. The van der Waals surface area contributed by atoms with Crippen molar-refractivity contribution in [3.05, 3.63) is 38.7 Å². The predicted octanol–water partition coefficient (Wildman–Crippen LogP) is 3.38. The van der Waals surface area contributed by atoms with Gasteiger partial charge in [0.05, 0.1) is 24.0 Å². The van der Waals surface area contributed by atoms with Crippen molar-refractivity contribution in [1.82, 2.24) is 9.47 Å². The second kappa shape index (κ2) is 7.41. The van der Waals surface area contributed by atoms with Crippen molar-refractivity contribution in [3.8, 4) is 5.75 Å². The van der Waals surface area contributed by atoms with E-state index >= 15 is 0 Å². The normalized spacial score (nSPS) is 33.8. The number of carbonyl (C=O) groups excluding carboxylic acids is 2. The topological polar surface area (TPSA) is 88.8 Å². The van der Waals surface area contributed by atoms with Gasteiger partial charge in [-0.25, -0.2) is 0 Å². The molecular formula is C23H22N2O5S3. The van der Waals surface area contributed by atoms with Gasteiger partial charge in [-0.1, -0.05) is 12.1 Å². The van der Waals surface area contributed by atoms with Gasteiger partial charge in [-0.2, -0.15) is 0 Å². The maximum Gasteiger partial charge on any atom is 0.323 e. The number of nitrogens with zero attached hydrogens (tertiary/aromatic N) is 2. The highest BCUT2D eigenvalue weighted by Gasteiger charge is 2.69. The zero-order valence-electron chi connectivity index (χ0n) is 18.0. The molecule has 7 nitrogen and oxygen atoms in total. The smallest absolute Gasteiger partial charge is 0.323 e. The van der Waals surface area contributed by atoms with E-state index in [1.165, 1.54) is 4.88 Å². The van der Waals surface area contributed by atoms with E-state index < -0.39 is 24.3 Å². The van der Waals surface area contributed by atoms with Crippen LogP contribution in [0.15, 0.2) is 29.3 Å². The minimum Gasteiger partial charge on any atom is -0.497 e. The first kappa shape index (κ1) is 21.4. The number of benzene rings is 1. The van der Waals surface area contributed by atoms with Gasteiger partial charge < -0.3 is 14.4 Å². The molecule has 0 unspecified atom stereocenters. The van der Waals surface area contributed by atoms with E-state index in [-0.39, 0.29) is 40.7 Å². The average molecular weight is 503 g/mol. The number of fused-ring (bicyclic) bond motifs is 9. The van der Waals surface area contributed by atoms with Crippen LogP contribution in [0.25, 0.3) is 0 Å². The van der Waals surface area contributed by atoms with Gasteiger partial charge in [0, 0.05) is 23.1 Å². The number of methoxy groups -OCH3 is 1. The highest BCUT2D eigenvalue weighted by molar-refractivity contribution is 8.00. The van der Waals surface area contributed by atoms with Crippen LogP contribution < -0.4 is 4.74 Å². The summed E-state index contributed by atoms with van der Waals surface area (Å²) in [7, 11) is 3.63. The number of likely N-dealkylation sites (tertiary alicyclic amines) is 1. The first-order chi connectivity index (χ1) is 15.8. The van der Waals surface area contributed by atoms with E-state index in [0.717, 1.165) is 31.6 Å². The molecule has 2 saturated carbocycles. The number of carboxylic acids is 1. The standard InChI is InChI=1S/C23H22N2O5S3/c1-24-22-19(33-23(24)31)14(9-3-5-10(30-2)6-4-9)15-11-7-12(18(15)32-22)17-16(11)20(28)25(21(17)29)8-13(26)27/h3-6,11-12,14-18H,7-8H2,1-2H3,(H,26,27)/t11-,12+,14+,15-,16+,17+,18-/m0/s1. The number of amides is 2. The van der Waals surface area contributed by atoms with Crippen molar-refractivity contribution in [2.24, 2.45) is 36.6 Å². The van der Waals surface area contributed by atoms with Crippen LogP contribution in [0.1, 0.15) is 22.8 Å². The van der Waals surface area contributed by atoms with Gasteiger partial charge >= 0.3 is 5.97 Å². The molecule has 7 atom stereocenters. The molecule has 1 aromatic heterocycles. The van der Waals surface area contributed by atoms with Crippen molar-refractivity contribution in [3.63, 3.8) is 0 Å². The largest absolute Gasteiger partial charge is 0.497 e. The van der Waals surface area contributed by atoms with E-state index in [4.69, 9.17) is 17.0 Å². The molecule has 0 radical (unpaired) electrons. The number of ether oxygens (including phenoxy) is 1. The number of carbonyl (C=O) groups is 3. The minimum atomic E-state index is -1.15. The Morgan fingerprint density at radius 3 is 2.48 bits per heavy atom. The molecule has 2 amide bonds. The molecule has 1 saturated heterocycles. The fourth-order valence-corrected chi connectivity index (χ4v) is 10.2. The number of thioether (sulfide) groups is 1. The Hall–Kier alpha value is -2.17. The molecule has 2 bridgehead atoms. The molecule has 4 aliphatic rings. The molecule has 33 heavy (non-hydrogen) atoms. The summed E-state index contributed by atoms with van der Waals surface area (Å²) in [4.78, 5) is 39.9. The van der Waals surface area contributed by atoms with Gasteiger partial charge in [-0.15, -0.1) is 23.1 Å². The molecule has 1 aromatic carbocycles. The van der Waals surface area contributed by atoms with Crippen LogP contribution in [0.4, 0.5) is 0 Å². The second-order valence-corrected chi connectivity index (χ2v) is 12.1. The fourth-order valence-electron chi connectivity index (χ4n) is 6.72. The SMILES string of the molecule is COc1ccc([C@H]2c3sc(=S)n(C)c3S[C@H]3[C@@H]4C[C@H]([C@H]5C(=O)N(CC(=O)O)C(=O)[C@H]45)[C@@H]23)cc1. The summed E-state index contributed by atoms with van der Waals surface area (Å²) in [5.41, 5.74) is 1.16. The van der Waals surface area contributed by atoms with Gasteiger partial charge in [0.25, 0.3) is 0 Å². The molecule has 6 rings (SSSR count). The van der Waals surface area contributed by atoms with Crippen LogP contribution >= 0.6 is 35.3 Å².